The van der Waals surface area contributed by atoms with Crippen LogP contribution in [-0.2, 0) is 39.6 Å². The molecule has 3 aliphatic carbocycles. The monoisotopic (exact) mass is 875 g/mol. The molecule has 2 bridgehead atoms. The average molecular weight is 876 g/mol. The number of urea groups is 1. The molecule has 2 aromatic rings. The summed E-state index contributed by atoms with van der Waals surface area (Å²) >= 11 is 0. The molecule has 5 amide bonds. The molecular weight excluding hydrogens is 817 g/mol. The van der Waals surface area contributed by atoms with E-state index in [2.05, 4.69) is 24.5 Å². The van der Waals surface area contributed by atoms with E-state index in [4.69, 9.17) is 23.5 Å². The maximum absolute atomic E-state index is 14.9. The van der Waals surface area contributed by atoms with Crippen LogP contribution in [0.2, 0.25) is 0 Å². The predicted octanol–water partition coefficient (Wildman–Crippen LogP) is 4.95. The van der Waals surface area contributed by atoms with Gasteiger partial charge in [0.15, 0.2) is 0 Å². The Morgan fingerprint density at radius 2 is 1.59 bits per heavy atom. The van der Waals surface area contributed by atoms with Gasteiger partial charge in [-0.05, 0) is 115 Å². The van der Waals surface area contributed by atoms with Gasteiger partial charge in [0.1, 0.15) is 34.1 Å². The van der Waals surface area contributed by atoms with Crippen molar-refractivity contribution in [1.82, 2.24) is 20.4 Å². The molecule has 2 N–H and O–H groups in total. The zero-order valence-corrected chi connectivity index (χ0v) is 37.8. The number of benzene rings is 2. The topological polar surface area (TPSA) is 222 Å². The number of amides is 5. The Hall–Kier alpha value is -5.56. The largest absolute Gasteiger partial charge is 0.496 e. The van der Waals surface area contributed by atoms with Gasteiger partial charge >= 0.3 is 36.9 Å². The summed E-state index contributed by atoms with van der Waals surface area (Å²) < 4.78 is 30.4. The van der Waals surface area contributed by atoms with E-state index >= 15 is 0 Å². The summed E-state index contributed by atoms with van der Waals surface area (Å²) in [6.45, 7) is 18.2. The highest BCUT2D eigenvalue weighted by Crippen LogP contribution is 2.65. The molecule has 7 rings (SSSR count). The molecule has 63 heavy (non-hydrogen) atoms. The first kappa shape index (κ1) is 46.9. The second kappa shape index (κ2) is 17.2. The Labute approximate surface area is 367 Å². The number of carbonyl (C=O) groups is 6. The Morgan fingerprint density at radius 1 is 0.937 bits per heavy atom. The summed E-state index contributed by atoms with van der Waals surface area (Å²) in [6, 6.07) is 5.41. The molecule has 2 aromatic carbocycles. The van der Waals surface area contributed by atoms with Crippen LogP contribution >= 0.6 is 0 Å². The number of piperazine rings is 1. The number of esters is 2. The summed E-state index contributed by atoms with van der Waals surface area (Å²) in [7, 11) is 0.329. The van der Waals surface area contributed by atoms with Gasteiger partial charge < -0.3 is 39.1 Å². The van der Waals surface area contributed by atoms with E-state index in [1.165, 1.54) is 18.1 Å². The van der Waals surface area contributed by atoms with Gasteiger partial charge in [0.25, 0.3) is 5.69 Å². The molecule has 2 heterocycles. The van der Waals surface area contributed by atoms with Crippen LogP contribution in [0, 0.1) is 27.4 Å². The smallest absolute Gasteiger partial charge is 0.482 e. The van der Waals surface area contributed by atoms with Crippen molar-refractivity contribution in [3.63, 3.8) is 0 Å². The van der Waals surface area contributed by atoms with Crippen molar-refractivity contribution in [3.05, 3.63) is 68.8 Å². The number of likely N-dealkylation sites (N-methyl/N-ethyl adjacent to an activating group) is 1. The van der Waals surface area contributed by atoms with Crippen molar-refractivity contribution in [2.24, 2.45) is 17.3 Å². The summed E-state index contributed by atoms with van der Waals surface area (Å²) in [5, 5.41) is 18.0. The molecule has 2 aliphatic heterocycles. The molecule has 18 nitrogen and oxygen atoms in total. The van der Waals surface area contributed by atoms with Gasteiger partial charge in [-0.3, -0.25) is 29.4 Å². The fourth-order valence-corrected chi connectivity index (χ4v) is 9.33. The number of ether oxygens (including phenoxy) is 3. The lowest BCUT2D eigenvalue weighted by atomic mass is 9.43. The van der Waals surface area contributed by atoms with Gasteiger partial charge in [-0.15, -0.1) is 0 Å². The maximum atomic E-state index is 14.9. The summed E-state index contributed by atoms with van der Waals surface area (Å²) in [5.41, 5.74) is -3.20. The molecule has 2 saturated heterocycles. The second-order valence-corrected chi connectivity index (χ2v) is 19.4. The molecule has 5 fully saturated rings. The lowest BCUT2D eigenvalue weighted by Gasteiger charge is -2.64. The number of nitro groups is 1. The van der Waals surface area contributed by atoms with Crippen molar-refractivity contribution in [1.29, 1.82) is 0 Å². The lowest BCUT2D eigenvalue weighted by molar-refractivity contribution is -0.385. The number of hydrogen-bond donors (Lipinski definition) is 2. The minimum absolute atomic E-state index is 0.0236. The fourth-order valence-electron chi connectivity index (χ4n) is 9.33. The van der Waals surface area contributed by atoms with Crippen LogP contribution < -0.4 is 15.4 Å². The zero-order chi connectivity index (χ0) is 46.6. The van der Waals surface area contributed by atoms with Crippen LogP contribution in [0.4, 0.5) is 10.5 Å². The molecule has 19 heteroatoms. The fraction of sp³-hybridized carbons (Fsp3) is 0.591. The summed E-state index contributed by atoms with van der Waals surface area (Å²) in [4.78, 5) is 95.0. The third-order valence-corrected chi connectivity index (χ3v) is 12.6. The highest BCUT2D eigenvalue weighted by atomic mass is 16.7. The van der Waals surface area contributed by atoms with Gasteiger partial charge in [-0.25, -0.2) is 14.4 Å². The molecular formula is C44H58BN5O13. The molecule has 2 unspecified atom stereocenters. The third-order valence-electron chi connectivity index (χ3n) is 12.6. The van der Waals surface area contributed by atoms with Crippen LogP contribution in [-0.4, -0.2) is 113 Å². The lowest BCUT2D eigenvalue weighted by Crippen LogP contribution is -2.65. The molecule has 0 aromatic heterocycles. The highest BCUT2D eigenvalue weighted by Gasteiger charge is 2.68. The number of nitrogens with one attached hydrogen (secondary N) is 2. The van der Waals surface area contributed by atoms with E-state index in [-0.39, 0.29) is 60.4 Å². The van der Waals surface area contributed by atoms with Gasteiger partial charge in [-0.2, -0.15) is 0 Å². The third kappa shape index (κ3) is 9.40. The van der Waals surface area contributed by atoms with E-state index in [9.17, 15) is 38.9 Å². The van der Waals surface area contributed by atoms with Gasteiger partial charge in [0.2, 0.25) is 5.91 Å². The number of methoxy groups -OCH3 is 1. The van der Waals surface area contributed by atoms with E-state index < -0.39 is 87.8 Å². The van der Waals surface area contributed by atoms with Gasteiger partial charge in [-0.1, -0.05) is 32.0 Å². The summed E-state index contributed by atoms with van der Waals surface area (Å²) in [5.74, 6) is -4.88. The Bertz CT molecular complexity index is 2200. The molecule has 5 aliphatic rings. The van der Waals surface area contributed by atoms with Crippen LogP contribution in [0.25, 0.3) is 0 Å². The van der Waals surface area contributed by atoms with Gasteiger partial charge in [0, 0.05) is 25.7 Å². The number of nitrogens with zero attached hydrogens (tertiary/aromatic N) is 3. The minimum atomic E-state index is -1.75. The van der Waals surface area contributed by atoms with E-state index in [1.54, 1.807) is 66.7 Å². The number of rotatable bonds is 12. The number of hydrogen-bond acceptors (Lipinski definition) is 13. The Balaban J connectivity index is 1.41. The average Bonchev–Trinajstić information content (AvgIpc) is 3.56. The van der Waals surface area contributed by atoms with Crippen LogP contribution in [0.3, 0.4) is 0 Å². The van der Waals surface area contributed by atoms with Crippen LogP contribution in [0.5, 0.6) is 5.75 Å². The predicted molar refractivity (Wildman–Crippen MR) is 227 cm³/mol. The summed E-state index contributed by atoms with van der Waals surface area (Å²) in [6.07, 6.45) is 1.30. The first-order chi connectivity index (χ1) is 29.3. The van der Waals surface area contributed by atoms with E-state index in [0.29, 0.717) is 16.4 Å². The van der Waals surface area contributed by atoms with Crippen molar-refractivity contribution in [2.75, 3.05) is 26.7 Å². The zero-order valence-electron chi connectivity index (χ0n) is 37.8. The standard InChI is InChI=1S/C44H58BN5O13/c1-12-48-18-19-49(37(53)36(48)52)40(56)47-33(24-16-17-27(29(20-24)50(57)58)38(54)60-41(2,3)4)35(51)46-32(45-62-31-23-26-22-30(43(26,8)9)44(31,10)63-45)21-25-14-13-15-28(34(25)59-11)39(55)61-42(5,6)7/h13-17,20,26,30-33H,12,18-19,21-23H2,1-11H3,(H,46,51)(H,47,56)/t26-,30-,31+,32?,33?,44-/m0/s1. The van der Waals surface area contributed by atoms with Crippen molar-refractivity contribution in [2.45, 2.75) is 123 Å². The maximum Gasteiger partial charge on any atom is 0.482 e. The molecule has 0 spiro atoms. The van der Waals surface area contributed by atoms with Crippen molar-refractivity contribution >= 4 is 48.5 Å². The SMILES string of the molecule is CCN1CCN(C(=O)NC(C(=O)NC(Cc2cccc(C(=O)OC(C)(C)C)c2OC)B2O[C@@H]3C[C@@H]4C[C@@H](C4(C)C)[C@]3(C)O2)c2ccc(C(=O)OC(C)(C)C)c([N+](=O)[O-])c2)C(=O)C1=O. The van der Waals surface area contributed by atoms with Crippen molar-refractivity contribution in [3.8, 4) is 5.75 Å². The van der Waals surface area contributed by atoms with Crippen LogP contribution in [0.1, 0.15) is 120 Å². The Morgan fingerprint density at radius 3 is 2.17 bits per heavy atom. The number of carbonyl (C=O) groups excluding carboxylic acids is 6. The molecule has 6 atom stereocenters. The number of nitro benzene ring substituents is 1. The normalized spacial score (nSPS) is 23.8. The number of para-hydroxylation sites is 1. The highest BCUT2D eigenvalue weighted by molar-refractivity contribution is 6.48. The first-order valence-electron chi connectivity index (χ1n) is 21.2. The first-order valence-corrected chi connectivity index (χ1v) is 21.2. The number of imide groups is 1. The minimum Gasteiger partial charge on any atom is -0.496 e. The quantitative estimate of drug-likeness (QED) is 0.0949. The molecule has 0 radical (unpaired) electrons. The molecule has 3 saturated carbocycles. The van der Waals surface area contributed by atoms with Crippen LogP contribution in [0.15, 0.2) is 36.4 Å². The van der Waals surface area contributed by atoms with Gasteiger partial charge in [0.05, 0.1) is 29.7 Å². The van der Waals surface area contributed by atoms with Crippen molar-refractivity contribution < 1.29 is 57.2 Å². The Kier molecular flexibility index (Phi) is 12.8. The molecule has 340 valence electrons. The van der Waals surface area contributed by atoms with E-state index in [0.717, 1.165) is 25.0 Å². The van der Waals surface area contributed by atoms with E-state index in [1.807, 2.05) is 6.92 Å². The second-order valence-electron chi connectivity index (χ2n) is 19.4.